The topological polar surface area (TPSA) is 60.5 Å². The fourth-order valence-electron chi connectivity index (χ4n) is 1.72. The molecule has 1 aromatic heterocycles. The molecule has 0 saturated carbocycles. The summed E-state index contributed by atoms with van der Waals surface area (Å²) in [6.07, 6.45) is 0. The highest BCUT2D eigenvalue weighted by molar-refractivity contribution is 5.87. The van der Waals surface area contributed by atoms with Crippen molar-refractivity contribution < 1.29 is 18.7 Å². The van der Waals surface area contributed by atoms with E-state index in [4.69, 9.17) is 4.74 Å². The van der Waals surface area contributed by atoms with Crippen molar-refractivity contribution in [1.82, 2.24) is 4.98 Å². The maximum atomic E-state index is 13.4. The number of nitrogens with one attached hydrogen (secondary N) is 1. The van der Waals surface area contributed by atoms with Crippen LogP contribution < -0.4 is 10.1 Å². The van der Waals surface area contributed by atoms with Gasteiger partial charge in [-0.25, -0.2) is 14.2 Å². The Labute approximate surface area is 121 Å². The van der Waals surface area contributed by atoms with Crippen molar-refractivity contribution >= 4 is 11.8 Å². The third-order valence-electron chi connectivity index (χ3n) is 2.86. The number of pyridine rings is 1. The van der Waals surface area contributed by atoms with Crippen LogP contribution in [0, 0.1) is 5.82 Å². The Kier molecular flexibility index (Phi) is 4.71. The average molecular weight is 290 g/mol. The minimum absolute atomic E-state index is 0.336. The van der Waals surface area contributed by atoms with Crippen LogP contribution in [0.15, 0.2) is 36.4 Å². The quantitative estimate of drug-likeness (QED) is 0.858. The van der Waals surface area contributed by atoms with Gasteiger partial charge in [-0.3, -0.25) is 0 Å². The number of anilines is 1. The molecule has 0 radical (unpaired) electrons. The van der Waals surface area contributed by atoms with Crippen LogP contribution >= 0.6 is 0 Å². The standard InChI is InChI=1S/C15H15FN2O3/c1-20-11-5-3-10(4-6-11)9-17-13-8-7-12(16)14(18-13)15(19)21-2/h3-8H,9H2,1-2H3,(H,17,18). The Balaban J connectivity index is 2.07. The molecular weight excluding hydrogens is 275 g/mol. The molecule has 0 saturated heterocycles. The number of carbonyl (C=O) groups excluding carboxylic acids is 1. The van der Waals surface area contributed by atoms with Gasteiger partial charge in [0.1, 0.15) is 11.6 Å². The third-order valence-corrected chi connectivity index (χ3v) is 2.86. The van der Waals surface area contributed by atoms with Crippen molar-refractivity contribution in [2.45, 2.75) is 6.54 Å². The average Bonchev–Trinajstić information content (AvgIpc) is 2.53. The molecule has 0 aliphatic carbocycles. The van der Waals surface area contributed by atoms with Crippen molar-refractivity contribution in [3.05, 3.63) is 53.5 Å². The largest absolute Gasteiger partial charge is 0.497 e. The molecule has 0 spiro atoms. The van der Waals surface area contributed by atoms with E-state index < -0.39 is 11.8 Å². The van der Waals surface area contributed by atoms with Crippen molar-refractivity contribution in [2.24, 2.45) is 0 Å². The number of methoxy groups -OCH3 is 2. The van der Waals surface area contributed by atoms with Gasteiger partial charge in [0.25, 0.3) is 0 Å². The lowest BCUT2D eigenvalue weighted by atomic mass is 10.2. The molecule has 0 aliphatic heterocycles. The number of nitrogens with zero attached hydrogens (tertiary/aromatic N) is 1. The van der Waals surface area contributed by atoms with Crippen LogP contribution in [0.1, 0.15) is 16.1 Å². The van der Waals surface area contributed by atoms with Crippen LogP contribution in [-0.2, 0) is 11.3 Å². The number of ether oxygens (including phenoxy) is 2. The van der Waals surface area contributed by atoms with E-state index in [1.54, 1.807) is 7.11 Å². The molecule has 2 rings (SSSR count). The molecule has 0 bridgehead atoms. The summed E-state index contributed by atoms with van der Waals surface area (Å²) in [7, 11) is 2.78. The maximum absolute atomic E-state index is 13.4. The van der Waals surface area contributed by atoms with E-state index in [9.17, 15) is 9.18 Å². The zero-order valence-corrected chi connectivity index (χ0v) is 11.7. The number of benzene rings is 1. The second kappa shape index (κ2) is 6.69. The van der Waals surface area contributed by atoms with Crippen LogP contribution in [0.4, 0.5) is 10.2 Å². The zero-order chi connectivity index (χ0) is 15.2. The maximum Gasteiger partial charge on any atom is 0.359 e. The van der Waals surface area contributed by atoms with Crippen LogP contribution in [0.3, 0.4) is 0 Å². The van der Waals surface area contributed by atoms with Crippen LogP contribution in [0.5, 0.6) is 5.75 Å². The predicted molar refractivity (Wildman–Crippen MR) is 75.9 cm³/mol. The van der Waals surface area contributed by atoms with Crippen molar-refractivity contribution in [2.75, 3.05) is 19.5 Å². The summed E-state index contributed by atoms with van der Waals surface area (Å²) < 4.78 is 23.0. The fraction of sp³-hybridized carbons (Fsp3) is 0.200. The number of carbonyl (C=O) groups is 1. The van der Waals surface area contributed by atoms with Crippen LogP contribution in [-0.4, -0.2) is 25.2 Å². The van der Waals surface area contributed by atoms with Crippen LogP contribution in [0.2, 0.25) is 0 Å². The lowest BCUT2D eigenvalue weighted by Gasteiger charge is -2.08. The Morgan fingerprint density at radius 3 is 2.52 bits per heavy atom. The third kappa shape index (κ3) is 3.68. The first-order valence-corrected chi connectivity index (χ1v) is 6.25. The van der Waals surface area contributed by atoms with Gasteiger partial charge < -0.3 is 14.8 Å². The van der Waals surface area contributed by atoms with E-state index in [0.717, 1.165) is 11.3 Å². The first-order valence-electron chi connectivity index (χ1n) is 6.25. The summed E-state index contributed by atoms with van der Waals surface area (Å²) >= 11 is 0. The van der Waals surface area contributed by atoms with Gasteiger partial charge in [-0.2, -0.15) is 0 Å². The number of aromatic nitrogens is 1. The van der Waals surface area contributed by atoms with E-state index in [1.807, 2.05) is 24.3 Å². The molecule has 6 heteroatoms. The SMILES string of the molecule is COC(=O)c1nc(NCc2ccc(OC)cc2)ccc1F. The number of esters is 1. The summed E-state index contributed by atoms with van der Waals surface area (Å²) in [4.78, 5) is 15.3. The summed E-state index contributed by atoms with van der Waals surface area (Å²) in [6.45, 7) is 0.489. The Morgan fingerprint density at radius 1 is 1.19 bits per heavy atom. The van der Waals surface area contributed by atoms with Crippen LogP contribution in [0.25, 0.3) is 0 Å². The fourth-order valence-corrected chi connectivity index (χ4v) is 1.72. The monoisotopic (exact) mass is 290 g/mol. The van der Waals surface area contributed by atoms with E-state index >= 15 is 0 Å². The molecule has 1 N–H and O–H groups in total. The second-order valence-electron chi connectivity index (χ2n) is 4.22. The molecule has 5 nitrogen and oxygen atoms in total. The molecule has 2 aromatic rings. The molecule has 0 aliphatic rings. The van der Waals surface area contributed by atoms with Gasteiger partial charge in [0, 0.05) is 6.54 Å². The minimum atomic E-state index is -0.805. The van der Waals surface area contributed by atoms with E-state index in [2.05, 4.69) is 15.0 Å². The lowest BCUT2D eigenvalue weighted by molar-refractivity contribution is 0.0588. The van der Waals surface area contributed by atoms with Gasteiger partial charge in [0.2, 0.25) is 0 Å². The van der Waals surface area contributed by atoms with Gasteiger partial charge >= 0.3 is 5.97 Å². The second-order valence-corrected chi connectivity index (χ2v) is 4.22. The normalized spacial score (nSPS) is 10.0. The smallest absolute Gasteiger partial charge is 0.359 e. The molecule has 21 heavy (non-hydrogen) atoms. The predicted octanol–water partition coefficient (Wildman–Crippen LogP) is 2.63. The van der Waals surface area contributed by atoms with Gasteiger partial charge in [-0.1, -0.05) is 12.1 Å². The Hall–Kier alpha value is -2.63. The molecular formula is C15H15FN2O3. The van der Waals surface area contributed by atoms with Crippen molar-refractivity contribution in [3.8, 4) is 5.75 Å². The molecule has 0 amide bonds. The summed E-state index contributed by atoms with van der Waals surface area (Å²) in [6, 6.07) is 10.1. The molecule has 1 heterocycles. The highest BCUT2D eigenvalue weighted by Crippen LogP contribution is 2.14. The first kappa shape index (κ1) is 14.8. The number of halogens is 1. The molecule has 0 unspecified atom stereocenters. The van der Waals surface area contributed by atoms with Gasteiger partial charge in [0.05, 0.1) is 14.2 Å². The van der Waals surface area contributed by atoms with Gasteiger partial charge in [-0.05, 0) is 29.8 Å². The van der Waals surface area contributed by atoms with E-state index in [0.29, 0.717) is 12.4 Å². The summed E-state index contributed by atoms with van der Waals surface area (Å²) in [5.41, 5.74) is 0.666. The van der Waals surface area contributed by atoms with Gasteiger partial charge in [0.15, 0.2) is 11.5 Å². The number of hydrogen-bond donors (Lipinski definition) is 1. The van der Waals surface area contributed by atoms with E-state index in [1.165, 1.54) is 19.2 Å². The zero-order valence-electron chi connectivity index (χ0n) is 11.7. The molecule has 0 atom stereocenters. The van der Waals surface area contributed by atoms with E-state index in [-0.39, 0.29) is 5.69 Å². The number of hydrogen-bond acceptors (Lipinski definition) is 5. The Morgan fingerprint density at radius 2 is 1.90 bits per heavy atom. The minimum Gasteiger partial charge on any atom is -0.497 e. The van der Waals surface area contributed by atoms with Crippen molar-refractivity contribution in [3.63, 3.8) is 0 Å². The lowest BCUT2D eigenvalue weighted by Crippen LogP contribution is -2.10. The molecule has 110 valence electrons. The first-order chi connectivity index (χ1) is 10.1. The van der Waals surface area contributed by atoms with Crippen molar-refractivity contribution in [1.29, 1.82) is 0 Å². The molecule has 1 aromatic carbocycles. The highest BCUT2D eigenvalue weighted by Gasteiger charge is 2.14. The van der Waals surface area contributed by atoms with Gasteiger partial charge in [-0.15, -0.1) is 0 Å². The summed E-state index contributed by atoms with van der Waals surface area (Å²) in [5, 5.41) is 3.02. The Bertz CT molecular complexity index is 629. The highest BCUT2D eigenvalue weighted by atomic mass is 19.1. The molecule has 0 fully saturated rings. The number of rotatable bonds is 5. The summed E-state index contributed by atoms with van der Waals surface area (Å²) in [5.74, 6) is -0.350.